The number of piperazine rings is 1. The highest BCUT2D eigenvalue weighted by atomic mass is 16.5. The number of nitrogens with one attached hydrogen (secondary N) is 1. The van der Waals surface area contributed by atoms with Crippen LogP contribution in [0, 0.1) is 5.92 Å². The first-order chi connectivity index (χ1) is 8.89. The lowest BCUT2D eigenvalue weighted by molar-refractivity contribution is -0.154. The zero-order chi connectivity index (χ0) is 14.2. The van der Waals surface area contributed by atoms with E-state index in [1.54, 1.807) is 18.7 Å². The summed E-state index contributed by atoms with van der Waals surface area (Å²) in [6, 6.07) is -0.389. The number of amides is 2. The van der Waals surface area contributed by atoms with Gasteiger partial charge in [-0.05, 0) is 33.6 Å². The van der Waals surface area contributed by atoms with Crippen molar-refractivity contribution in [2.24, 2.45) is 5.92 Å². The quantitative estimate of drug-likeness (QED) is 0.828. The molecule has 0 spiro atoms. The number of nitrogens with zero attached hydrogens (tertiary/aromatic N) is 1. The predicted molar refractivity (Wildman–Crippen MR) is 71.5 cm³/mol. The van der Waals surface area contributed by atoms with Gasteiger partial charge in [-0.3, -0.25) is 9.59 Å². The Balaban J connectivity index is 2.16. The Kier molecular flexibility index (Phi) is 3.85. The van der Waals surface area contributed by atoms with Gasteiger partial charge in [-0.25, -0.2) is 0 Å². The Morgan fingerprint density at radius 3 is 2.63 bits per heavy atom. The molecule has 1 N–H and O–H groups in total. The fourth-order valence-corrected chi connectivity index (χ4v) is 2.81. The summed E-state index contributed by atoms with van der Waals surface area (Å²) >= 11 is 0. The van der Waals surface area contributed by atoms with E-state index in [4.69, 9.17) is 4.74 Å². The van der Waals surface area contributed by atoms with Gasteiger partial charge in [-0.1, -0.05) is 6.92 Å². The minimum Gasteiger partial charge on any atom is -0.378 e. The summed E-state index contributed by atoms with van der Waals surface area (Å²) in [7, 11) is 0. The summed E-state index contributed by atoms with van der Waals surface area (Å²) in [6.45, 7) is 8.93. The van der Waals surface area contributed by atoms with E-state index in [1.165, 1.54) is 0 Å². The molecule has 0 radical (unpaired) electrons. The number of ether oxygens (including phenoxy) is 1. The highest BCUT2D eigenvalue weighted by Crippen LogP contribution is 2.27. The van der Waals surface area contributed by atoms with E-state index < -0.39 is 5.54 Å². The van der Waals surface area contributed by atoms with Gasteiger partial charge in [0.1, 0.15) is 11.6 Å². The molecule has 0 bridgehead atoms. The second-order valence-corrected chi connectivity index (χ2v) is 5.93. The number of carbonyl (C=O) groups is 2. The smallest absolute Gasteiger partial charge is 0.248 e. The maximum atomic E-state index is 12.6. The van der Waals surface area contributed by atoms with E-state index in [9.17, 15) is 9.59 Å². The SMILES string of the molecule is CCC1(C)NC(=O)C(C)N(CC2CCOC2C)C1=O. The van der Waals surface area contributed by atoms with Gasteiger partial charge in [0.15, 0.2) is 0 Å². The summed E-state index contributed by atoms with van der Waals surface area (Å²) in [6.07, 6.45) is 1.73. The van der Waals surface area contributed by atoms with E-state index in [0.717, 1.165) is 13.0 Å². The highest BCUT2D eigenvalue weighted by molar-refractivity contribution is 5.99. The molecule has 108 valence electrons. The molecule has 0 aromatic rings. The summed E-state index contributed by atoms with van der Waals surface area (Å²) in [5.41, 5.74) is -0.758. The van der Waals surface area contributed by atoms with Crippen molar-refractivity contribution < 1.29 is 14.3 Å². The number of hydrogen-bond donors (Lipinski definition) is 1. The normalized spacial score (nSPS) is 39.6. The van der Waals surface area contributed by atoms with Crippen molar-refractivity contribution in [3.63, 3.8) is 0 Å². The largest absolute Gasteiger partial charge is 0.378 e. The Bertz CT molecular complexity index is 385. The van der Waals surface area contributed by atoms with Gasteiger partial charge in [-0.2, -0.15) is 0 Å². The van der Waals surface area contributed by atoms with Crippen LogP contribution in [-0.4, -0.2) is 47.6 Å². The van der Waals surface area contributed by atoms with Crippen molar-refractivity contribution in [1.82, 2.24) is 10.2 Å². The lowest BCUT2D eigenvalue weighted by Gasteiger charge is -2.44. The van der Waals surface area contributed by atoms with Crippen LogP contribution in [-0.2, 0) is 14.3 Å². The first kappa shape index (κ1) is 14.3. The fraction of sp³-hybridized carbons (Fsp3) is 0.857. The van der Waals surface area contributed by atoms with Gasteiger partial charge in [-0.15, -0.1) is 0 Å². The van der Waals surface area contributed by atoms with Crippen LogP contribution in [0.2, 0.25) is 0 Å². The van der Waals surface area contributed by atoms with Crippen LogP contribution in [0.5, 0.6) is 0 Å². The summed E-state index contributed by atoms with van der Waals surface area (Å²) in [5.74, 6) is 0.301. The average Bonchev–Trinajstić information content (AvgIpc) is 2.78. The molecule has 2 fully saturated rings. The number of rotatable bonds is 3. The standard InChI is InChI=1S/C14H24N2O3/c1-5-14(4)13(18)16(9(2)12(17)15-14)8-11-6-7-19-10(11)3/h9-11H,5-8H2,1-4H3,(H,15,17). The molecular formula is C14H24N2O3. The molecule has 2 rings (SSSR count). The Hall–Kier alpha value is -1.10. The van der Waals surface area contributed by atoms with Crippen molar-refractivity contribution in [3.8, 4) is 0 Å². The maximum Gasteiger partial charge on any atom is 0.248 e. The van der Waals surface area contributed by atoms with Gasteiger partial charge in [0.05, 0.1) is 6.10 Å². The van der Waals surface area contributed by atoms with Crippen molar-refractivity contribution >= 4 is 11.8 Å². The first-order valence-electron chi connectivity index (χ1n) is 7.13. The molecule has 0 aliphatic carbocycles. The van der Waals surface area contributed by atoms with Crippen molar-refractivity contribution in [2.45, 2.75) is 58.2 Å². The molecule has 2 aliphatic rings. The second kappa shape index (κ2) is 5.12. The summed E-state index contributed by atoms with van der Waals surface area (Å²) in [5, 5.41) is 2.85. The third-order valence-corrected chi connectivity index (χ3v) is 4.65. The third-order valence-electron chi connectivity index (χ3n) is 4.65. The van der Waals surface area contributed by atoms with Crippen molar-refractivity contribution in [2.75, 3.05) is 13.2 Å². The molecule has 19 heavy (non-hydrogen) atoms. The van der Waals surface area contributed by atoms with Crippen LogP contribution in [0.3, 0.4) is 0 Å². The van der Waals surface area contributed by atoms with Crippen molar-refractivity contribution in [1.29, 1.82) is 0 Å². The lowest BCUT2D eigenvalue weighted by atomic mass is 9.90. The molecule has 2 saturated heterocycles. The van der Waals surface area contributed by atoms with Gasteiger partial charge in [0, 0.05) is 19.1 Å². The molecule has 0 aromatic carbocycles. The molecule has 2 aliphatic heterocycles. The first-order valence-corrected chi connectivity index (χ1v) is 7.13. The van der Waals surface area contributed by atoms with Crippen LogP contribution in [0.15, 0.2) is 0 Å². The molecule has 2 amide bonds. The van der Waals surface area contributed by atoms with E-state index in [1.807, 2.05) is 13.8 Å². The molecule has 5 nitrogen and oxygen atoms in total. The average molecular weight is 268 g/mol. The van der Waals surface area contributed by atoms with Crippen LogP contribution >= 0.6 is 0 Å². The molecular weight excluding hydrogens is 244 g/mol. The molecule has 4 atom stereocenters. The zero-order valence-electron chi connectivity index (χ0n) is 12.2. The number of hydrogen-bond acceptors (Lipinski definition) is 3. The maximum absolute atomic E-state index is 12.6. The van der Waals surface area contributed by atoms with Gasteiger partial charge in [0.25, 0.3) is 0 Å². The van der Waals surface area contributed by atoms with E-state index >= 15 is 0 Å². The van der Waals surface area contributed by atoms with Crippen LogP contribution in [0.25, 0.3) is 0 Å². The highest BCUT2D eigenvalue weighted by Gasteiger charge is 2.46. The predicted octanol–water partition coefficient (Wildman–Crippen LogP) is 0.927. The van der Waals surface area contributed by atoms with Gasteiger partial charge >= 0.3 is 0 Å². The fourth-order valence-electron chi connectivity index (χ4n) is 2.81. The Morgan fingerprint density at radius 1 is 1.42 bits per heavy atom. The number of carbonyl (C=O) groups excluding carboxylic acids is 2. The molecule has 0 saturated carbocycles. The van der Waals surface area contributed by atoms with Gasteiger partial charge in [0.2, 0.25) is 11.8 Å². The van der Waals surface area contributed by atoms with Crippen LogP contribution in [0.1, 0.15) is 40.5 Å². The van der Waals surface area contributed by atoms with Crippen LogP contribution < -0.4 is 5.32 Å². The van der Waals surface area contributed by atoms with E-state index in [0.29, 0.717) is 18.9 Å². The van der Waals surface area contributed by atoms with Gasteiger partial charge < -0.3 is 15.0 Å². The Labute approximate surface area is 114 Å². The minimum atomic E-state index is -0.758. The molecule has 0 aromatic heterocycles. The monoisotopic (exact) mass is 268 g/mol. The summed E-state index contributed by atoms with van der Waals surface area (Å²) < 4.78 is 5.54. The van der Waals surface area contributed by atoms with E-state index in [2.05, 4.69) is 5.32 Å². The summed E-state index contributed by atoms with van der Waals surface area (Å²) in [4.78, 5) is 26.4. The lowest BCUT2D eigenvalue weighted by Crippen LogP contribution is -2.68. The Morgan fingerprint density at radius 2 is 2.11 bits per heavy atom. The second-order valence-electron chi connectivity index (χ2n) is 5.93. The molecule has 5 heteroatoms. The third kappa shape index (κ3) is 2.48. The molecule has 4 unspecified atom stereocenters. The minimum absolute atomic E-state index is 0.0289. The molecule has 2 heterocycles. The zero-order valence-corrected chi connectivity index (χ0v) is 12.2. The van der Waals surface area contributed by atoms with Crippen molar-refractivity contribution in [3.05, 3.63) is 0 Å². The van der Waals surface area contributed by atoms with Crippen LogP contribution in [0.4, 0.5) is 0 Å². The topological polar surface area (TPSA) is 58.6 Å². The van der Waals surface area contributed by atoms with E-state index in [-0.39, 0.29) is 24.0 Å².